The first-order valence-electron chi connectivity index (χ1n) is 10.5. The number of thiocarbonyl (C=S) groups is 1. The highest BCUT2D eigenvalue weighted by Gasteiger charge is 2.35. The molecule has 4 aromatic rings. The van der Waals surface area contributed by atoms with Gasteiger partial charge in [0.05, 0.1) is 11.4 Å². The Morgan fingerprint density at radius 3 is 2.57 bits per heavy atom. The van der Waals surface area contributed by atoms with Crippen molar-refractivity contribution in [2.45, 2.75) is 24.1 Å². The Morgan fingerprint density at radius 1 is 1.00 bits per heavy atom. The third kappa shape index (κ3) is 4.51. The number of rotatable bonds is 5. The number of para-hydroxylation sites is 1. The second-order valence-electron chi connectivity index (χ2n) is 7.69. The van der Waals surface area contributed by atoms with Crippen molar-refractivity contribution < 1.29 is 14.0 Å². The number of benzene rings is 2. The van der Waals surface area contributed by atoms with Crippen LogP contribution in [0.15, 0.2) is 80.9 Å². The van der Waals surface area contributed by atoms with Crippen molar-refractivity contribution in [3.63, 3.8) is 0 Å². The molecule has 9 nitrogen and oxygen atoms in total. The van der Waals surface area contributed by atoms with E-state index in [9.17, 15) is 9.59 Å². The van der Waals surface area contributed by atoms with Crippen molar-refractivity contribution in [1.82, 2.24) is 25.5 Å². The van der Waals surface area contributed by atoms with E-state index in [1.807, 2.05) is 56.3 Å². The van der Waals surface area contributed by atoms with Crippen LogP contribution in [0.2, 0.25) is 0 Å². The van der Waals surface area contributed by atoms with Crippen LogP contribution in [0.3, 0.4) is 0 Å². The van der Waals surface area contributed by atoms with Crippen LogP contribution in [-0.4, -0.2) is 37.1 Å². The molecule has 0 spiro atoms. The van der Waals surface area contributed by atoms with Crippen LogP contribution in [0.5, 0.6) is 0 Å². The zero-order valence-corrected chi connectivity index (χ0v) is 20.3. The molecule has 0 aliphatic carbocycles. The largest absolute Gasteiger partial charge is 0.450 e. The number of furan rings is 1. The predicted molar refractivity (Wildman–Crippen MR) is 134 cm³/mol. The molecule has 0 unspecified atom stereocenters. The molecular formula is C24H18N6O3S2. The molecule has 2 amide bonds. The highest BCUT2D eigenvalue weighted by atomic mass is 32.2. The van der Waals surface area contributed by atoms with Gasteiger partial charge >= 0.3 is 0 Å². The topological polar surface area (TPSA) is 106 Å². The average Bonchev–Trinajstić information content (AvgIpc) is 3.49. The molecule has 2 aromatic heterocycles. The van der Waals surface area contributed by atoms with Crippen LogP contribution in [0.4, 0.5) is 5.69 Å². The summed E-state index contributed by atoms with van der Waals surface area (Å²) >= 11 is 6.49. The Kier molecular flexibility index (Phi) is 6.01. The zero-order chi connectivity index (χ0) is 24.5. The normalized spacial score (nSPS) is 15.1. The Hall–Kier alpha value is -4.09. The van der Waals surface area contributed by atoms with Gasteiger partial charge in [-0.3, -0.25) is 19.8 Å². The smallest absolute Gasteiger partial charge is 0.270 e. The van der Waals surface area contributed by atoms with Gasteiger partial charge in [0.1, 0.15) is 11.3 Å². The predicted octanol–water partition coefficient (Wildman–Crippen LogP) is 3.85. The number of nitrogens with zero attached hydrogens (tertiary/aromatic N) is 5. The number of tetrazole rings is 1. The summed E-state index contributed by atoms with van der Waals surface area (Å²) in [5.41, 5.74) is 3.39. The Balaban J connectivity index is 1.40. The third-order valence-corrected chi connectivity index (χ3v) is 6.52. The van der Waals surface area contributed by atoms with E-state index in [0.29, 0.717) is 21.7 Å². The number of anilines is 1. The van der Waals surface area contributed by atoms with Crippen LogP contribution in [0, 0.1) is 13.8 Å². The molecule has 0 bridgehead atoms. The summed E-state index contributed by atoms with van der Waals surface area (Å²) in [5.74, 6) is -0.781. The summed E-state index contributed by atoms with van der Waals surface area (Å²) in [5, 5.41) is 15.4. The minimum atomic E-state index is -0.585. The fourth-order valence-corrected chi connectivity index (χ4v) is 4.47. The first-order chi connectivity index (χ1) is 16.9. The maximum absolute atomic E-state index is 13.2. The van der Waals surface area contributed by atoms with E-state index in [1.165, 1.54) is 22.7 Å². The SMILES string of the molecule is Cc1ccc(N2C(=O)/C(=C/c3ccc(Sc4nnnn4-c4ccccc4)o3)C(=O)NC2=S)cc1C. The molecule has 5 rings (SSSR count). The van der Waals surface area contributed by atoms with E-state index < -0.39 is 11.8 Å². The molecular weight excluding hydrogens is 484 g/mol. The summed E-state index contributed by atoms with van der Waals surface area (Å²) in [7, 11) is 0. The van der Waals surface area contributed by atoms with E-state index in [2.05, 4.69) is 20.8 Å². The lowest BCUT2D eigenvalue weighted by molar-refractivity contribution is -0.122. The molecule has 1 aliphatic rings. The summed E-state index contributed by atoms with van der Waals surface area (Å²) in [6, 6.07) is 18.4. The van der Waals surface area contributed by atoms with Crippen molar-refractivity contribution in [1.29, 1.82) is 0 Å². The maximum Gasteiger partial charge on any atom is 0.270 e. The van der Waals surface area contributed by atoms with E-state index in [-0.39, 0.29) is 10.7 Å². The van der Waals surface area contributed by atoms with Crippen LogP contribution >= 0.6 is 24.0 Å². The highest BCUT2D eigenvalue weighted by Crippen LogP contribution is 2.30. The van der Waals surface area contributed by atoms with Gasteiger partial charge in [0.25, 0.3) is 11.8 Å². The lowest BCUT2D eigenvalue weighted by atomic mass is 10.1. The average molecular weight is 503 g/mol. The fraction of sp³-hybridized carbons (Fsp3) is 0.0833. The monoisotopic (exact) mass is 502 g/mol. The first kappa shape index (κ1) is 22.7. The zero-order valence-electron chi connectivity index (χ0n) is 18.6. The molecule has 3 heterocycles. The van der Waals surface area contributed by atoms with Gasteiger partial charge in [-0.1, -0.05) is 24.3 Å². The maximum atomic E-state index is 13.2. The van der Waals surface area contributed by atoms with Gasteiger partial charge in [-0.15, -0.1) is 5.10 Å². The molecule has 2 aromatic carbocycles. The summed E-state index contributed by atoms with van der Waals surface area (Å²) in [6.45, 7) is 3.93. The number of carbonyl (C=O) groups is 2. The second-order valence-corrected chi connectivity index (χ2v) is 9.05. The van der Waals surface area contributed by atoms with E-state index >= 15 is 0 Å². The number of hydrogen-bond acceptors (Lipinski definition) is 8. The molecule has 1 aliphatic heterocycles. The van der Waals surface area contributed by atoms with E-state index in [4.69, 9.17) is 16.6 Å². The lowest BCUT2D eigenvalue weighted by Gasteiger charge is -2.29. The molecule has 11 heteroatoms. The molecule has 1 fully saturated rings. The quantitative estimate of drug-likeness (QED) is 0.249. The van der Waals surface area contributed by atoms with E-state index in [1.54, 1.807) is 22.9 Å². The number of aryl methyl sites for hydroxylation is 2. The minimum Gasteiger partial charge on any atom is -0.450 e. The molecule has 0 atom stereocenters. The van der Waals surface area contributed by atoms with Crippen molar-refractivity contribution in [3.05, 3.63) is 83.1 Å². The Morgan fingerprint density at radius 2 is 1.80 bits per heavy atom. The third-order valence-electron chi connectivity index (χ3n) is 5.37. The Labute approximate surface area is 209 Å². The van der Waals surface area contributed by atoms with Gasteiger partial charge < -0.3 is 4.42 Å². The van der Waals surface area contributed by atoms with Crippen LogP contribution < -0.4 is 10.2 Å². The van der Waals surface area contributed by atoms with Gasteiger partial charge in [-0.05, 0) is 102 Å². The fourth-order valence-electron chi connectivity index (χ4n) is 3.43. The second kappa shape index (κ2) is 9.28. The van der Waals surface area contributed by atoms with Gasteiger partial charge in [-0.25, -0.2) is 0 Å². The van der Waals surface area contributed by atoms with Crippen LogP contribution in [0.25, 0.3) is 11.8 Å². The van der Waals surface area contributed by atoms with Gasteiger partial charge in [-0.2, -0.15) is 4.68 Å². The number of amides is 2. The lowest BCUT2D eigenvalue weighted by Crippen LogP contribution is -2.54. The number of nitrogens with one attached hydrogen (secondary N) is 1. The molecule has 174 valence electrons. The molecule has 0 radical (unpaired) electrons. The summed E-state index contributed by atoms with van der Waals surface area (Å²) in [4.78, 5) is 27.1. The summed E-state index contributed by atoms with van der Waals surface area (Å²) < 4.78 is 7.43. The molecule has 1 saturated heterocycles. The standard InChI is InChI=1S/C24H18N6O3S2/c1-14-8-9-17(12-15(14)2)29-22(32)19(21(31)25-23(29)34)13-18-10-11-20(33-18)35-24-26-27-28-30(24)16-6-4-3-5-7-16/h3-13H,1-2H3,(H,25,31,34)/b19-13+. The highest BCUT2D eigenvalue weighted by molar-refractivity contribution is 7.99. The molecule has 1 N–H and O–H groups in total. The number of carbonyl (C=O) groups excluding carboxylic acids is 2. The van der Waals surface area contributed by atoms with Crippen LogP contribution in [0.1, 0.15) is 16.9 Å². The number of aromatic nitrogens is 4. The van der Waals surface area contributed by atoms with Crippen molar-refractivity contribution in [2.24, 2.45) is 0 Å². The van der Waals surface area contributed by atoms with Gasteiger partial charge in [0.2, 0.25) is 5.16 Å². The molecule has 35 heavy (non-hydrogen) atoms. The Bertz CT molecular complexity index is 1490. The van der Waals surface area contributed by atoms with Crippen molar-refractivity contribution >= 4 is 52.7 Å². The van der Waals surface area contributed by atoms with Crippen molar-refractivity contribution in [3.8, 4) is 5.69 Å². The molecule has 0 saturated carbocycles. The van der Waals surface area contributed by atoms with Gasteiger partial charge in [0.15, 0.2) is 10.2 Å². The van der Waals surface area contributed by atoms with Crippen molar-refractivity contribution in [2.75, 3.05) is 4.90 Å². The van der Waals surface area contributed by atoms with Gasteiger partial charge in [0, 0.05) is 0 Å². The number of hydrogen-bond donors (Lipinski definition) is 1. The minimum absolute atomic E-state index is 0.0313. The first-order valence-corrected chi connectivity index (χ1v) is 11.7. The van der Waals surface area contributed by atoms with E-state index in [0.717, 1.165) is 16.8 Å². The summed E-state index contributed by atoms with van der Waals surface area (Å²) in [6.07, 6.45) is 1.40. The van der Waals surface area contributed by atoms with Crippen LogP contribution in [-0.2, 0) is 9.59 Å².